The van der Waals surface area contributed by atoms with Crippen LogP contribution in [-0.2, 0) is 11.8 Å². The molecular weight excluding hydrogens is 348 g/mol. The highest BCUT2D eigenvalue weighted by Crippen LogP contribution is 2.24. The van der Waals surface area contributed by atoms with Crippen molar-refractivity contribution in [2.75, 3.05) is 31.1 Å². The summed E-state index contributed by atoms with van der Waals surface area (Å²) in [5, 5.41) is 4.81. The van der Waals surface area contributed by atoms with Crippen molar-refractivity contribution in [1.29, 1.82) is 0 Å². The van der Waals surface area contributed by atoms with Gasteiger partial charge < -0.3 is 9.80 Å². The lowest BCUT2D eigenvalue weighted by molar-refractivity contribution is -0.126. The molecule has 0 aliphatic carbocycles. The van der Waals surface area contributed by atoms with Crippen molar-refractivity contribution in [3.63, 3.8) is 0 Å². The monoisotopic (exact) mass is 372 g/mol. The molecule has 0 N–H and O–H groups in total. The van der Waals surface area contributed by atoms with Crippen molar-refractivity contribution in [2.45, 2.75) is 20.8 Å². The third-order valence-electron chi connectivity index (χ3n) is 5.10. The fourth-order valence-electron chi connectivity index (χ4n) is 3.34. The third-order valence-corrected chi connectivity index (χ3v) is 5.55. The number of hydrogen-bond donors (Lipinski definition) is 0. The molecule has 26 heavy (non-hydrogen) atoms. The van der Waals surface area contributed by atoms with Gasteiger partial charge in [-0.05, 0) is 44.0 Å². The van der Waals surface area contributed by atoms with E-state index in [-0.39, 0.29) is 5.91 Å². The fourth-order valence-corrected chi connectivity index (χ4v) is 3.58. The quantitative estimate of drug-likeness (QED) is 0.776. The molecule has 0 atom stereocenters. The number of aryl methyl sites for hydroxylation is 3. The molecule has 138 valence electrons. The first-order valence-corrected chi connectivity index (χ1v) is 9.23. The molecule has 0 spiro atoms. The van der Waals surface area contributed by atoms with E-state index in [9.17, 15) is 4.79 Å². The molecule has 1 aliphatic rings. The van der Waals surface area contributed by atoms with E-state index in [1.54, 1.807) is 23.9 Å². The summed E-state index contributed by atoms with van der Waals surface area (Å²) in [5.74, 6) is 0.0185. The second kappa shape index (κ2) is 7.54. The molecule has 0 radical (unpaired) electrons. The molecule has 2 aromatic rings. The standard InChI is InChI=1S/C20H25ClN4O/c1-14-6-5-7-18(15(14)2)24-10-12-25(13-11-24)19(26)9-8-17-16(3)22-23(4)20(17)21/h5-9H,10-13H2,1-4H3/b9-8+. The van der Waals surface area contributed by atoms with Gasteiger partial charge in [-0.3, -0.25) is 9.48 Å². The van der Waals surface area contributed by atoms with Crippen molar-refractivity contribution < 1.29 is 4.79 Å². The lowest BCUT2D eigenvalue weighted by Crippen LogP contribution is -2.48. The van der Waals surface area contributed by atoms with Gasteiger partial charge in [-0.2, -0.15) is 5.10 Å². The number of carbonyl (C=O) groups excluding carboxylic acids is 1. The summed E-state index contributed by atoms with van der Waals surface area (Å²) in [7, 11) is 1.79. The lowest BCUT2D eigenvalue weighted by atomic mass is 10.1. The molecule has 1 saturated heterocycles. The van der Waals surface area contributed by atoms with Crippen LogP contribution < -0.4 is 4.90 Å². The molecule has 2 heterocycles. The second-order valence-corrected chi connectivity index (χ2v) is 7.14. The summed E-state index contributed by atoms with van der Waals surface area (Å²) in [6, 6.07) is 6.39. The zero-order valence-electron chi connectivity index (χ0n) is 15.8. The second-order valence-electron chi connectivity index (χ2n) is 6.78. The first-order chi connectivity index (χ1) is 12.4. The van der Waals surface area contributed by atoms with Gasteiger partial charge in [0.2, 0.25) is 5.91 Å². The van der Waals surface area contributed by atoms with Crippen molar-refractivity contribution >= 4 is 29.3 Å². The predicted molar refractivity (Wildman–Crippen MR) is 107 cm³/mol. The van der Waals surface area contributed by atoms with Gasteiger partial charge in [0.15, 0.2) is 0 Å². The number of piperazine rings is 1. The highest BCUT2D eigenvalue weighted by atomic mass is 35.5. The first-order valence-electron chi connectivity index (χ1n) is 8.85. The van der Waals surface area contributed by atoms with Gasteiger partial charge in [0.25, 0.3) is 0 Å². The van der Waals surface area contributed by atoms with Gasteiger partial charge in [0.05, 0.1) is 5.69 Å². The molecule has 0 unspecified atom stereocenters. The molecule has 6 heteroatoms. The van der Waals surface area contributed by atoms with Gasteiger partial charge in [0, 0.05) is 50.6 Å². The Hall–Kier alpha value is -2.27. The summed E-state index contributed by atoms with van der Waals surface area (Å²) < 4.78 is 1.62. The van der Waals surface area contributed by atoms with Gasteiger partial charge in [-0.1, -0.05) is 23.7 Å². The number of rotatable bonds is 3. The van der Waals surface area contributed by atoms with E-state index in [0.717, 1.165) is 37.4 Å². The smallest absolute Gasteiger partial charge is 0.246 e. The van der Waals surface area contributed by atoms with Crippen LogP contribution in [0.1, 0.15) is 22.4 Å². The molecule has 3 rings (SSSR count). The topological polar surface area (TPSA) is 41.4 Å². The summed E-state index contributed by atoms with van der Waals surface area (Å²) in [6.07, 6.45) is 3.37. The SMILES string of the molecule is Cc1cccc(N2CCN(C(=O)/C=C/c3c(C)nn(C)c3Cl)CC2)c1C. The summed E-state index contributed by atoms with van der Waals surface area (Å²) >= 11 is 6.22. The molecule has 1 amide bonds. The van der Waals surface area contributed by atoms with Crippen LogP contribution in [0.2, 0.25) is 5.15 Å². The molecule has 1 aliphatic heterocycles. The maximum Gasteiger partial charge on any atom is 0.246 e. The normalized spacial score (nSPS) is 15.1. The highest BCUT2D eigenvalue weighted by molar-refractivity contribution is 6.31. The zero-order chi connectivity index (χ0) is 18.8. The maximum atomic E-state index is 12.5. The molecular formula is C20H25ClN4O. The number of amides is 1. The fraction of sp³-hybridized carbons (Fsp3) is 0.400. The van der Waals surface area contributed by atoms with E-state index >= 15 is 0 Å². The average molecular weight is 373 g/mol. The lowest BCUT2D eigenvalue weighted by Gasteiger charge is -2.36. The van der Waals surface area contributed by atoms with Gasteiger partial charge >= 0.3 is 0 Å². The Morgan fingerprint density at radius 2 is 1.85 bits per heavy atom. The predicted octanol–water partition coefficient (Wildman–Crippen LogP) is 3.36. The van der Waals surface area contributed by atoms with Crippen LogP contribution in [0.25, 0.3) is 6.08 Å². The van der Waals surface area contributed by atoms with E-state index in [2.05, 4.69) is 42.0 Å². The number of aromatic nitrogens is 2. The number of halogens is 1. The number of nitrogens with zero attached hydrogens (tertiary/aromatic N) is 4. The Balaban J connectivity index is 1.63. The third kappa shape index (κ3) is 3.63. The van der Waals surface area contributed by atoms with Gasteiger partial charge in [0.1, 0.15) is 5.15 Å². The van der Waals surface area contributed by atoms with E-state index in [0.29, 0.717) is 5.15 Å². The zero-order valence-corrected chi connectivity index (χ0v) is 16.5. The summed E-state index contributed by atoms with van der Waals surface area (Å²) in [4.78, 5) is 16.8. The summed E-state index contributed by atoms with van der Waals surface area (Å²) in [6.45, 7) is 9.30. The maximum absolute atomic E-state index is 12.5. The van der Waals surface area contributed by atoms with E-state index in [4.69, 9.17) is 11.6 Å². The number of benzene rings is 1. The van der Waals surface area contributed by atoms with Crippen molar-refractivity contribution in [2.24, 2.45) is 7.05 Å². The highest BCUT2D eigenvalue weighted by Gasteiger charge is 2.21. The Morgan fingerprint density at radius 1 is 1.15 bits per heavy atom. The number of carbonyl (C=O) groups is 1. The Labute approximate surface area is 159 Å². The van der Waals surface area contributed by atoms with Crippen molar-refractivity contribution in [3.8, 4) is 0 Å². The van der Waals surface area contributed by atoms with Crippen LogP contribution in [0, 0.1) is 20.8 Å². The Bertz CT molecular complexity index is 848. The Morgan fingerprint density at radius 3 is 2.46 bits per heavy atom. The first kappa shape index (κ1) is 18.5. The van der Waals surface area contributed by atoms with Crippen molar-refractivity contribution in [3.05, 3.63) is 51.8 Å². The minimum Gasteiger partial charge on any atom is -0.368 e. The van der Waals surface area contributed by atoms with Crippen LogP contribution in [-0.4, -0.2) is 46.8 Å². The number of hydrogen-bond acceptors (Lipinski definition) is 3. The number of anilines is 1. The van der Waals surface area contributed by atoms with E-state index in [1.165, 1.54) is 16.8 Å². The summed E-state index contributed by atoms with van der Waals surface area (Å²) in [5.41, 5.74) is 5.50. The minimum absolute atomic E-state index is 0.0185. The van der Waals surface area contributed by atoms with Crippen LogP contribution in [0.3, 0.4) is 0 Å². The molecule has 1 aromatic carbocycles. The van der Waals surface area contributed by atoms with Crippen LogP contribution >= 0.6 is 11.6 Å². The van der Waals surface area contributed by atoms with Crippen LogP contribution in [0.15, 0.2) is 24.3 Å². The minimum atomic E-state index is 0.0185. The van der Waals surface area contributed by atoms with E-state index < -0.39 is 0 Å². The molecule has 0 bridgehead atoms. The Kier molecular flexibility index (Phi) is 5.37. The van der Waals surface area contributed by atoms with E-state index in [1.807, 2.05) is 11.8 Å². The molecule has 1 fully saturated rings. The largest absolute Gasteiger partial charge is 0.368 e. The average Bonchev–Trinajstić information content (AvgIpc) is 2.87. The van der Waals surface area contributed by atoms with Gasteiger partial charge in [-0.25, -0.2) is 0 Å². The molecule has 1 aromatic heterocycles. The van der Waals surface area contributed by atoms with Crippen LogP contribution in [0.4, 0.5) is 5.69 Å². The molecule has 5 nitrogen and oxygen atoms in total. The molecule has 0 saturated carbocycles. The van der Waals surface area contributed by atoms with Crippen molar-refractivity contribution in [1.82, 2.24) is 14.7 Å². The van der Waals surface area contributed by atoms with Crippen LogP contribution in [0.5, 0.6) is 0 Å². The van der Waals surface area contributed by atoms with Gasteiger partial charge in [-0.15, -0.1) is 0 Å².